The Kier molecular flexibility index (Phi) is 4.70. The molecule has 4 nitrogen and oxygen atoms in total. The molecule has 2 fully saturated rings. The third-order valence-corrected chi connectivity index (χ3v) is 5.24. The third-order valence-electron chi connectivity index (χ3n) is 4.18. The second kappa shape index (κ2) is 6.71. The molecule has 21 heavy (non-hydrogen) atoms. The number of carbonyl (C=O) groups excluding carboxylic acids is 1. The van der Waals surface area contributed by atoms with Gasteiger partial charge in [-0.3, -0.25) is 4.79 Å². The van der Waals surface area contributed by atoms with E-state index in [1.807, 2.05) is 16.7 Å². The number of carbonyl (C=O) groups is 1. The van der Waals surface area contributed by atoms with Gasteiger partial charge in [-0.25, -0.2) is 0 Å². The van der Waals surface area contributed by atoms with Crippen molar-refractivity contribution in [3.63, 3.8) is 0 Å². The molecule has 2 aliphatic rings. The maximum atomic E-state index is 12.5. The highest BCUT2D eigenvalue weighted by Gasteiger charge is 2.28. The average molecular weight is 305 g/mol. The highest BCUT2D eigenvalue weighted by molar-refractivity contribution is 7.99. The summed E-state index contributed by atoms with van der Waals surface area (Å²) >= 11 is 1.87. The Balaban J connectivity index is 1.56. The Morgan fingerprint density at radius 3 is 2.76 bits per heavy atom. The summed E-state index contributed by atoms with van der Waals surface area (Å²) in [4.78, 5) is 16.9. The monoisotopic (exact) mass is 305 g/mol. The molecule has 3 rings (SSSR count). The molecular weight excluding hydrogens is 282 g/mol. The standard InChI is InChI=1S/C16H23N3OS/c1-13-3-2-4-14(11-13)18-6-8-19(9-7-18)16(20)15-12-21-10-5-17-15/h2-4,11,15,17H,5-10,12H2,1H3. The largest absolute Gasteiger partial charge is 0.368 e. The van der Waals surface area contributed by atoms with Crippen LogP contribution < -0.4 is 10.2 Å². The van der Waals surface area contributed by atoms with Crippen LogP contribution in [0.25, 0.3) is 0 Å². The van der Waals surface area contributed by atoms with Crippen LogP contribution >= 0.6 is 11.8 Å². The van der Waals surface area contributed by atoms with Crippen LogP contribution in [0.4, 0.5) is 5.69 Å². The summed E-state index contributed by atoms with van der Waals surface area (Å²) in [6.45, 7) is 6.58. The van der Waals surface area contributed by atoms with Crippen molar-refractivity contribution in [3.8, 4) is 0 Å². The number of rotatable bonds is 2. The zero-order valence-electron chi connectivity index (χ0n) is 12.5. The van der Waals surface area contributed by atoms with Gasteiger partial charge in [0.15, 0.2) is 0 Å². The second-order valence-corrected chi connectivity index (χ2v) is 6.88. The molecule has 1 aromatic carbocycles. The number of hydrogen-bond acceptors (Lipinski definition) is 4. The molecule has 0 aliphatic carbocycles. The highest BCUT2D eigenvalue weighted by atomic mass is 32.2. The molecule has 0 aromatic heterocycles. The Morgan fingerprint density at radius 1 is 1.29 bits per heavy atom. The fraction of sp³-hybridized carbons (Fsp3) is 0.562. The second-order valence-electron chi connectivity index (χ2n) is 5.73. The van der Waals surface area contributed by atoms with Crippen molar-refractivity contribution < 1.29 is 4.79 Å². The van der Waals surface area contributed by atoms with Gasteiger partial charge in [-0.2, -0.15) is 11.8 Å². The fourth-order valence-corrected chi connectivity index (χ4v) is 3.88. The van der Waals surface area contributed by atoms with E-state index in [0.717, 1.165) is 44.2 Å². The van der Waals surface area contributed by atoms with E-state index in [2.05, 4.69) is 41.4 Å². The van der Waals surface area contributed by atoms with E-state index in [0.29, 0.717) is 0 Å². The van der Waals surface area contributed by atoms with Crippen LogP contribution in [0.2, 0.25) is 0 Å². The van der Waals surface area contributed by atoms with Crippen molar-refractivity contribution in [2.24, 2.45) is 0 Å². The van der Waals surface area contributed by atoms with Gasteiger partial charge < -0.3 is 15.1 Å². The normalized spacial score (nSPS) is 23.2. The topological polar surface area (TPSA) is 35.6 Å². The third kappa shape index (κ3) is 3.52. The molecule has 2 heterocycles. The lowest BCUT2D eigenvalue weighted by atomic mass is 10.2. The number of aryl methyl sites for hydroxylation is 1. The van der Waals surface area contributed by atoms with Crippen LogP contribution in [0.1, 0.15) is 5.56 Å². The van der Waals surface area contributed by atoms with Crippen molar-refractivity contribution in [1.82, 2.24) is 10.2 Å². The Morgan fingerprint density at radius 2 is 2.10 bits per heavy atom. The molecule has 1 amide bonds. The van der Waals surface area contributed by atoms with Gasteiger partial charge in [0.05, 0.1) is 6.04 Å². The minimum absolute atomic E-state index is 0.0225. The summed E-state index contributed by atoms with van der Waals surface area (Å²) in [6.07, 6.45) is 0. The van der Waals surface area contributed by atoms with Gasteiger partial charge >= 0.3 is 0 Å². The van der Waals surface area contributed by atoms with Gasteiger partial charge in [-0.05, 0) is 24.6 Å². The first-order valence-electron chi connectivity index (χ1n) is 7.65. The summed E-state index contributed by atoms with van der Waals surface area (Å²) in [6, 6.07) is 8.62. The molecular formula is C16H23N3OS. The van der Waals surface area contributed by atoms with E-state index in [-0.39, 0.29) is 11.9 Å². The van der Waals surface area contributed by atoms with Gasteiger partial charge in [0.2, 0.25) is 5.91 Å². The van der Waals surface area contributed by atoms with Crippen molar-refractivity contribution in [2.75, 3.05) is 49.1 Å². The highest BCUT2D eigenvalue weighted by Crippen LogP contribution is 2.18. The van der Waals surface area contributed by atoms with Crippen molar-refractivity contribution in [3.05, 3.63) is 29.8 Å². The molecule has 1 atom stereocenters. The maximum Gasteiger partial charge on any atom is 0.240 e. The number of thioether (sulfide) groups is 1. The zero-order chi connectivity index (χ0) is 14.7. The van der Waals surface area contributed by atoms with Crippen molar-refractivity contribution >= 4 is 23.4 Å². The summed E-state index contributed by atoms with van der Waals surface area (Å²) in [5, 5.41) is 3.34. The van der Waals surface area contributed by atoms with Crippen LogP contribution in [0, 0.1) is 6.92 Å². The summed E-state index contributed by atoms with van der Waals surface area (Å²) in [5.74, 6) is 2.31. The number of hydrogen-bond donors (Lipinski definition) is 1. The van der Waals surface area contributed by atoms with Crippen LogP contribution in [0.15, 0.2) is 24.3 Å². The molecule has 5 heteroatoms. The van der Waals surface area contributed by atoms with Gasteiger partial charge in [0, 0.05) is 49.9 Å². The summed E-state index contributed by atoms with van der Waals surface area (Å²) < 4.78 is 0. The average Bonchev–Trinajstić information content (AvgIpc) is 2.55. The number of nitrogens with one attached hydrogen (secondary N) is 1. The van der Waals surface area contributed by atoms with E-state index in [1.165, 1.54) is 11.3 Å². The lowest BCUT2D eigenvalue weighted by Gasteiger charge is -2.38. The number of anilines is 1. The summed E-state index contributed by atoms with van der Waals surface area (Å²) in [7, 11) is 0. The number of benzene rings is 1. The molecule has 1 N–H and O–H groups in total. The van der Waals surface area contributed by atoms with Crippen molar-refractivity contribution in [2.45, 2.75) is 13.0 Å². The van der Waals surface area contributed by atoms with E-state index in [1.54, 1.807) is 0 Å². The predicted molar refractivity (Wildman–Crippen MR) is 89.1 cm³/mol. The van der Waals surface area contributed by atoms with E-state index in [9.17, 15) is 4.79 Å². The quantitative estimate of drug-likeness (QED) is 0.895. The minimum atomic E-state index is 0.0225. The van der Waals surface area contributed by atoms with Crippen LogP contribution in [-0.2, 0) is 4.79 Å². The van der Waals surface area contributed by atoms with Gasteiger partial charge in [-0.1, -0.05) is 12.1 Å². The smallest absolute Gasteiger partial charge is 0.240 e. The molecule has 0 saturated carbocycles. The first kappa shape index (κ1) is 14.7. The molecule has 1 unspecified atom stereocenters. The molecule has 0 radical (unpaired) electrons. The number of nitrogens with zero attached hydrogens (tertiary/aromatic N) is 2. The van der Waals surface area contributed by atoms with E-state index < -0.39 is 0 Å². The molecule has 2 saturated heterocycles. The molecule has 2 aliphatic heterocycles. The molecule has 114 valence electrons. The number of piperazine rings is 1. The first-order chi connectivity index (χ1) is 10.2. The predicted octanol–water partition coefficient (Wildman–Crippen LogP) is 1.35. The lowest BCUT2D eigenvalue weighted by Crippen LogP contribution is -2.56. The fourth-order valence-electron chi connectivity index (χ4n) is 2.95. The van der Waals surface area contributed by atoms with Gasteiger partial charge in [0.1, 0.15) is 0 Å². The maximum absolute atomic E-state index is 12.5. The van der Waals surface area contributed by atoms with Crippen LogP contribution in [0.3, 0.4) is 0 Å². The minimum Gasteiger partial charge on any atom is -0.368 e. The van der Waals surface area contributed by atoms with Crippen LogP contribution in [0.5, 0.6) is 0 Å². The first-order valence-corrected chi connectivity index (χ1v) is 8.81. The Labute approximate surface area is 130 Å². The number of amides is 1. The molecule has 0 spiro atoms. The molecule has 0 bridgehead atoms. The molecule has 1 aromatic rings. The Bertz CT molecular complexity index is 494. The van der Waals surface area contributed by atoms with E-state index >= 15 is 0 Å². The van der Waals surface area contributed by atoms with E-state index in [4.69, 9.17) is 0 Å². The van der Waals surface area contributed by atoms with Gasteiger partial charge in [-0.15, -0.1) is 0 Å². The van der Waals surface area contributed by atoms with Crippen molar-refractivity contribution in [1.29, 1.82) is 0 Å². The SMILES string of the molecule is Cc1cccc(N2CCN(C(=O)C3CSCCN3)CC2)c1. The summed E-state index contributed by atoms with van der Waals surface area (Å²) in [5.41, 5.74) is 2.56. The zero-order valence-corrected chi connectivity index (χ0v) is 13.4. The van der Waals surface area contributed by atoms with Gasteiger partial charge in [0.25, 0.3) is 0 Å². The lowest BCUT2D eigenvalue weighted by molar-refractivity contribution is -0.133. The van der Waals surface area contributed by atoms with Crippen LogP contribution in [-0.4, -0.2) is 61.1 Å². The Hall–Kier alpha value is -1.20.